The second-order valence-electron chi connectivity index (χ2n) is 7.90. The molecule has 0 amide bonds. The first-order valence-corrected chi connectivity index (χ1v) is 11.4. The minimum Gasteiger partial charge on any atom is -0.456 e. The largest absolute Gasteiger partial charge is 0.456 e. The van der Waals surface area contributed by atoms with E-state index in [1.54, 1.807) is 23.7 Å². The van der Waals surface area contributed by atoms with E-state index in [1.165, 1.54) is 4.70 Å². The van der Waals surface area contributed by atoms with Crippen LogP contribution < -0.4 is 4.74 Å². The van der Waals surface area contributed by atoms with Gasteiger partial charge in [0, 0.05) is 19.3 Å². The fourth-order valence-corrected chi connectivity index (χ4v) is 4.91. The van der Waals surface area contributed by atoms with E-state index in [-0.39, 0.29) is 12.2 Å². The molecule has 5 nitrogen and oxygen atoms in total. The minimum absolute atomic E-state index is 0.219. The average Bonchev–Trinajstić information content (AvgIpc) is 3.23. The van der Waals surface area contributed by atoms with Crippen molar-refractivity contribution >= 4 is 21.6 Å². The lowest BCUT2D eigenvalue weighted by Gasteiger charge is -2.31. The van der Waals surface area contributed by atoms with E-state index in [9.17, 15) is 0 Å². The summed E-state index contributed by atoms with van der Waals surface area (Å²) >= 11 is 1.70. The quantitative estimate of drug-likeness (QED) is 0.393. The van der Waals surface area contributed by atoms with Crippen LogP contribution in [-0.4, -0.2) is 41.1 Å². The smallest absolute Gasteiger partial charge is 0.145 e. The van der Waals surface area contributed by atoms with E-state index in [4.69, 9.17) is 14.5 Å². The van der Waals surface area contributed by atoms with Gasteiger partial charge in [0.05, 0.1) is 22.5 Å². The highest BCUT2D eigenvalue weighted by molar-refractivity contribution is 7.18. The predicted molar refractivity (Wildman–Crippen MR) is 124 cm³/mol. The summed E-state index contributed by atoms with van der Waals surface area (Å²) in [6.07, 6.45) is 5.52. The number of benzene rings is 2. The van der Waals surface area contributed by atoms with E-state index in [0.29, 0.717) is 5.75 Å². The zero-order valence-corrected chi connectivity index (χ0v) is 18.3. The summed E-state index contributed by atoms with van der Waals surface area (Å²) in [5, 5.41) is 0.985. The molecule has 0 spiro atoms. The number of rotatable bonds is 6. The molecule has 31 heavy (non-hydrogen) atoms. The highest BCUT2D eigenvalue weighted by Crippen LogP contribution is 2.36. The molecule has 1 atom stereocenters. The van der Waals surface area contributed by atoms with Crippen molar-refractivity contribution in [2.75, 3.05) is 20.1 Å². The van der Waals surface area contributed by atoms with E-state index >= 15 is 0 Å². The molecule has 1 fully saturated rings. The summed E-state index contributed by atoms with van der Waals surface area (Å²) in [6, 6.07) is 20.2. The second kappa shape index (κ2) is 9.14. The third kappa shape index (κ3) is 4.77. The Hall–Kier alpha value is -2.80. The van der Waals surface area contributed by atoms with Gasteiger partial charge < -0.3 is 14.4 Å². The standard InChI is InChI=1S/C25H25N3O2S/c1-28-14-11-19(12-15-28)30-24(25-27-22-9-2-3-10-23(22)31-25)18-6-4-7-20(16-18)29-21-8-5-13-26-17-21/h2-10,13,16-17,19,24H,11-12,14-15H2,1H3. The Bertz CT molecular complexity index is 1110. The fraction of sp³-hybridized carbons (Fsp3) is 0.280. The zero-order chi connectivity index (χ0) is 21.0. The van der Waals surface area contributed by atoms with Crippen LogP contribution >= 0.6 is 11.3 Å². The van der Waals surface area contributed by atoms with Crippen LogP contribution in [0.1, 0.15) is 29.5 Å². The van der Waals surface area contributed by atoms with Crippen LogP contribution in [0.4, 0.5) is 0 Å². The topological polar surface area (TPSA) is 47.5 Å². The molecule has 4 aromatic rings. The highest BCUT2D eigenvalue weighted by Gasteiger charge is 2.26. The molecular weight excluding hydrogens is 406 g/mol. The summed E-state index contributed by atoms with van der Waals surface area (Å²) in [6.45, 7) is 2.11. The van der Waals surface area contributed by atoms with Gasteiger partial charge in [0.1, 0.15) is 22.6 Å². The summed E-state index contributed by atoms with van der Waals surface area (Å²) in [5.74, 6) is 1.48. The molecule has 0 radical (unpaired) electrons. The molecule has 1 aliphatic heterocycles. The van der Waals surface area contributed by atoms with Gasteiger partial charge in [-0.05, 0) is 61.9 Å². The Morgan fingerprint density at radius 3 is 2.65 bits per heavy atom. The number of likely N-dealkylation sites (tertiary alicyclic amines) is 1. The van der Waals surface area contributed by atoms with Crippen LogP contribution in [0, 0.1) is 0 Å². The molecule has 0 bridgehead atoms. The third-order valence-electron chi connectivity index (χ3n) is 5.56. The molecule has 3 heterocycles. The van der Waals surface area contributed by atoms with Gasteiger partial charge in [-0.15, -0.1) is 11.3 Å². The van der Waals surface area contributed by atoms with Crippen molar-refractivity contribution < 1.29 is 9.47 Å². The molecule has 0 saturated carbocycles. The molecule has 1 aliphatic rings. The van der Waals surface area contributed by atoms with Gasteiger partial charge in [0.25, 0.3) is 0 Å². The van der Waals surface area contributed by atoms with Crippen molar-refractivity contribution in [1.82, 2.24) is 14.9 Å². The first kappa shape index (κ1) is 20.1. The molecule has 2 aromatic carbocycles. The lowest BCUT2D eigenvalue weighted by molar-refractivity contribution is -0.0235. The molecule has 158 valence electrons. The van der Waals surface area contributed by atoms with Gasteiger partial charge >= 0.3 is 0 Å². The Balaban J connectivity index is 1.47. The molecule has 1 unspecified atom stereocenters. The number of thiazole rings is 1. The average molecular weight is 432 g/mol. The number of hydrogen-bond donors (Lipinski definition) is 0. The first-order valence-electron chi connectivity index (χ1n) is 10.6. The molecule has 0 N–H and O–H groups in total. The third-order valence-corrected chi connectivity index (χ3v) is 6.64. The zero-order valence-electron chi connectivity index (χ0n) is 17.5. The number of piperidine rings is 1. The maximum atomic E-state index is 6.70. The Morgan fingerprint density at radius 2 is 1.84 bits per heavy atom. The van der Waals surface area contributed by atoms with Crippen molar-refractivity contribution in [3.8, 4) is 11.5 Å². The summed E-state index contributed by atoms with van der Waals surface area (Å²) in [4.78, 5) is 11.4. The van der Waals surface area contributed by atoms with Crippen LogP contribution in [0.2, 0.25) is 0 Å². The van der Waals surface area contributed by atoms with Gasteiger partial charge in [-0.25, -0.2) is 4.98 Å². The van der Waals surface area contributed by atoms with Gasteiger partial charge in [-0.3, -0.25) is 4.98 Å². The molecule has 2 aromatic heterocycles. The summed E-state index contributed by atoms with van der Waals surface area (Å²) < 4.78 is 13.9. The van der Waals surface area contributed by atoms with E-state index in [2.05, 4.69) is 47.3 Å². The number of pyridine rings is 1. The van der Waals surface area contributed by atoms with Crippen LogP contribution in [0.25, 0.3) is 10.2 Å². The highest BCUT2D eigenvalue weighted by atomic mass is 32.1. The van der Waals surface area contributed by atoms with Gasteiger partial charge in [0.2, 0.25) is 0 Å². The van der Waals surface area contributed by atoms with E-state index in [1.807, 2.05) is 30.3 Å². The predicted octanol–water partition coefficient (Wildman–Crippen LogP) is 5.68. The van der Waals surface area contributed by atoms with Crippen LogP contribution in [-0.2, 0) is 4.74 Å². The maximum Gasteiger partial charge on any atom is 0.145 e. The van der Waals surface area contributed by atoms with Crippen molar-refractivity contribution in [1.29, 1.82) is 0 Å². The fourth-order valence-electron chi connectivity index (χ4n) is 3.88. The Morgan fingerprint density at radius 1 is 1.00 bits per heavy atom. The molecule has 1 saturated heterocycles. The minimum atomic E-state index is -0.219. The van der Waals surface area contributed by atoms with Crippen molar-refractivity contribution in [2.45, 2.75) is 25.0 Å². The first-order chi connectivity index (χ1) is 15.2. The Labute approximate surface area is 186 Å². The van der Waals surface area contributed by atoms with Crippen LogP contribution in [0.5, 0.6) is 11.5 Å². The SMILES string of the molecule is CN1CCC(OC(c2cccc(Oc3cccnc3)c2)c2nc3ccccc3s2)CC1. The summed E-state index contributed by atoms with van der Waals surface area (Å²) in [7, 11) is 2.17. The van der Waals surface area contributed by atoms with Crippen molar-refractivity contribution in [2.24, 2.45) is 0 Å². The van der Waals surface area contributed by atoms with Crippen molar-refractivity contribution in [3.05, 3.63) is 83.6 Å². The molecular formula is C25H25N3O2S. The lowest BCUT2D eigenvalue weighted by Crippen LogP contribution is -2.35. The number of hydrogen-bond acceptors (Lipinski definition) is 6. The number of aromatic nitrogens is 2. The number of para-hydroxylation sites is 1. The second-order valence-corrected chi connectivity index (χ2v) is 8.96. The monoisotopic (exact) mass is 431 g/mol. The number of nitrogens with zero attached hydrogens (tertiary/aromatic N) is 3. The number of ether oxygens (including phenoxy) is 2. The lowest BCUT2D eigenvalue weighted by atomic mass is 10.1. The normalized spacial score (nSPS) is 16.4. The van der Waals surface area contributed by atoms with Crippen LogP contribution in [0.15, 0.2) is 73.1 Å². The van der Waals surface area contributed by atoms with Gasteiger partial charge in [-0.1, -0.05) is 24.3 Å². The summed E-state index contributed by atoms with van der Waals surface area (Å²) in [5.41, 5.74) is 2.07. The van der Waals surface area contributed by atoms with Crippen LogP contribution in [0.3, 0.4) is 0 Å². The Kier molecular flexibility index (Phi) is 5.93. The van der Waals surface area contributed by atoms with E-state index in [0.717, 1.165) is 47.8 Å². The van der Waals surface area contributed by atoms with Gasteiger partial charge in [0.15, 0.2) is 0 Å². The molecule has 6 heteroatoms. The number of fused-ring (bicyclic) bond motifs is 1. The maximum absolute atomic E-state index is 6.70. The van der Waals surface area contributed by atoms with E-state index < -0.39 is 0 Å². The van der Waals surface area contributed by atoms with Gasteiger partial charge in [-0.2, -0.15) is 0 Å². The molecule has 5 rings (SSSR count). The van der Waals surface area contributed by atoms with Crippen molar-refractivity contribution in [3.63, 3.8) is 0 Å². The molecule has 0 aliphatic carbocycles.